The molecule has 1 aromatic heterocycles. The van der Waals surface area contributed by atoms with E-state index in [0.29, 0.717) is 54.0 Å². The molecule has 0 radical (unpaired) electrons. The monoisotopic (exact) mass is 435 g/mol. The van der Waals surface area contributed by atoms with E-state index in [1.54, 1.807) is 9.58 Å². The average Bonchev–Trinajstić information content (AvgIpc) is 3.37. The van der Waals surface area contributed by atoms with E-state index in [4.69, 9.17) is 18.9 Å². The van der Waals surface area contributed by atoms with Crippen LogP contribution in [0.25, 0.3) is 0 Å². The van der Waals surface area contributed by atoms with E-state index < -0.39 is 0 Å². The first-order chi connectivity index (χ1) is 15.5. The molecule has 5 rings (SSSR count). The highest BCUT2D eigenvalue weighted by atomic mass is 16.7. The Kier molecular flexibility index (Phi) is 5.13. The highest BCUT2D eigenvalue weighted by molar-refractivity contribution is 5.96. The summed E-state index contributed by atoms with van der Waals surface area (Å²) in [7, 11) is 1.84. The van der Waals surface area contributed by atoms with Crippen molar-refractivity contribution in [1.29, 1.82) is 0 Å². The van der Waals surface area contributed by atoms with E-state index in [2.05, 4.69) is 5.10 Å². The molecule has 0 bridgehead atoms. The number of amides is 1. The molecule has 166 valence electrons. The summed E-state index contributed by atoms with van der Waals surface area (Å²) >= 11 is 0. The van der Waals surface area contributed by atoms with Crippen molar-refractivity contribution < 1.29 is 23.7 Å². The quantitative estimate of drug-likeness (QED) is 0.613. The summed E-state index contributed by atoms with van der Waals surface area (Å²) in [6.07, 6.45) is -0.305. The van der Waals surface area contributed by atoms with Gasteiger partial charge in [0.05, 0.1) is 17.8 Å². The number of aromatic nitrogens is 2. The van der Waals surface area contributed by atoms with Gasteiger partial charge in [-0.1, -0.05) is 24.3 Å². The second-order valence-electron chi connectivity index (χ2n) is 8.00. The lowest BCUT2D eigenvalue weighted by atomic mass is 10.1. The predicted molar refractivity (Wildman–Crippen MR) is 116 cm³/mol. The molecule has 0 aliphatic carbocycles. The number of benzene rings is 2. The number of carbonyl (C=O) groups is 1. The molecule has 2 aliphatic rings. The van der Waals surface area contributed by atoms with E-state index in [1.807, 2.05) is 63.4 Å². The van der Waals surface area contributed by atoms with Gasteiger partial charge in [0, 0.05) is 24.8 Å². The number of hydrogen-bond acceptors (Lipinski definition) is 6. The van der Waals surface area contributed by atoms with Gasteiger partial charge in [-0.3, -0.25) is 9.48 Å². The zero-order valence-electron chi connectivity index (χ0n) is 18.3. The van der Waals surface area contributed by atoms with E-state index >= 15 is 0 Å². The maximum atomic E-state index is 13.7. The molecule has 0 N–H and O–H groups in total. The molecule has 2 aromatic carbocycles. The Hall–Kier alpha value is -3.68. The predicted octanol–water partition coefficient (Wildman–Crippen LogP) is 3.25. The first-order valence-corrected chi connectivity index (χ1v) is 10.6. The van der Waals surface area contributed by atoms with Crippen LogP contribution in [0.3, 0.4) is 0 Å². The van der Waals surface area contributed by atoms with Crippen LogP contribution in [0.1, 0.15) is 27.3 Å². The number of para-hydroxylation sites is 3. The van der Waals surface area contributed by atoms with Crippen LogP contribution in [0.5, 0.6) is 23.0 Å². The molecule has 8 nitrogen and oxygen atoms in total. The summed E-state index contributed by atoms with van der Waals surface area (Å²) in [5.74, 6) is 2.66. The summed E-state index contributed by atoms with van der Waals surface area (Å²) in [5, 5.41) is 4.42. The van der Waals surface area contributed by atoms with Crippen LogP contribution in [0, 0.1) is 13.8 Å². The molecule has 2 aliphatic heterocycles. The second-order valence-corrected chi connectivity index (χ2v) is 8.00. The van der Waals surface area contributed by atoms with E-state index in [1.165, 1.54) is 0 Å². The Labute approximate surface area is 186 Å². The van der Waals surface area contributed by atoms with Crippen molar-refractivity contribution in [3.05, 3.63) is 65.0 Å². The maximum absolute atomic E-state index is 13.7. The van der Waals surface area contributed by atoms with Crippen LogP contribution in [0.2, 0.25) is 0 Å². The van der Waals surface area contributed by atoms with Gasteiger partial charge in [-0.2, -0.15) is 5.10 Å². The Bertz CT molecular complexity index is 1170. The molecule has 3 heterocycles. The fourth-order valence-electron chi connectivity index (χ4n) is 4.18. The van der Waals surface area contributed by atoms with E-state index in [0.717, 1.165) is 11.3 Å². The molecule has 0 saturated heterocycles. The van der Waals surface area contributed by atoms with Crippen LogP contribution >= 0.6 is 0 Å². The topological polar surface area (TPSA) is 75.1 Å². The third-order valence-corrected chi connectivity index (χ3v) is 5.84. The molecule has 0 fully saturated rings. The number of hydrogen-bond donors (Lipinski definition) is 0. The largest absolute Gasteiger partial charge is 0.486 e. The third-order valence-electron chi connectivity index (χ3n) is 5.84. The molecule has 1 amide bonds. The lowest BCUT2D eigenvalue weighted by molar-refractivity contribution is 0.0441. The molecule has 0 saturated carbocycles. The van der Waals surface area contributed by atoms with Crippen LogP contribution in [-0.4, -0.2) is 46.6 Å². The van der Waals surface area contributed by atoms with Crippen molar-refractivity contribution >= 4 is 5.91 Å². The molecule has 32 heavy (non-hydrogen) atoms. The first kappa shape index (κ1) is 20.2. The molecule has 8 heteroatoms. The number of nitrogens with zero attached hydrogens (tertiary/aromatic N) is 3. The van der Waals surface area contributed by atoms with Gasteiger partial charge >= 0.3 is 0 Å². The minimum atomic E-state index is -0.305. The molecule has 3 aromatic rings. The van der Waals surface area contributed by atoms with Gasteiger partial charge in [0.2, 0.25) is 6.79 Å². The zero-order chi connectivity index (χ0) is 22.2. The SMILES string of the molecule is Cc1nn(C)c(C)c1C(=O)N(Cc1cccc2c1OCO2)CC1COc2ccccc2O1. The van der Waals surface area contributed by atoms with E-state index in [-0.39, 0.29) is 18.8 Å². The minimum absolute atomic E-state index is 0.105. The number of aryl methyl sites for hydroxylation is 2. The van der Waals surface area contributed by atoms with Crippen molar-refractivity contribution in [3.8, 4) is 23.0 Å². The molecule has 1 atom stereocenters. The Morgan fingerprint density at radius 2 is 1.84 bits per heavy atom. The van der Waals surface area contributed by atoms with E-state index in [9.17, 15) is 4.79 Å². The van der Waals surface area contributed by atoms with Gasteiger partial charge < -0.3 is 23.8 Å². The third kappa shape index (κ3) is 3.62. The van der Waals surface area contributed by atoms with Gasteiger partial charge in [-0.25, -0.2) is 0 Å². The maximum Gasteiger partial charge on any atom is 0.258 e. The number of carbonyl (C=O) groups excluding carboxylic acids is 1. The summed E-state index contributed by atoms with van der Waals surface area (Å²) in [6, 6.07) is 13.3. The average molecular weight is 435 g/mol. The lowest BCUT2D eigenvalue weighted by Crippen LogP contribution is -2.43. The van der Waals surface area contributed by atoms with Gasteiger partial charge in [-0.05, 0) is 32.0 Å². The Morgan fingerprint density at radius 1 is 1.06 bits per heavy atom. The normalized spacial score (nSPS) is 16.2. The summed E-state index contributed by atoms with van der Waals surface area (Å²) in [5.41, 5.74) is 3.00. The second kappa shape index (κ2) is 8.11. The van der Waals surface area contributed by atoms with Gasteiger partial charge in [0.25, 0.3) is 5.91 Å². The fraction of sp³-hybridized carbons (Fsp3) is 0.333. The highest BCUT2D eigenvalue weighted by Crippen LogP contribution is 2.37. The smallest absolute Gasteiger partial charge is 0.258 e. The number of rotatable bonds is 5. The number of ether oxygens (including phenoxy) is 4. The molecular formula is C24H25N3O5. The van der Waals surface area contributed by atoms with Crippen LogP contribution in [0.4, 0.5) is 0 Å². The van der Waals surface area contributed by atoms with Crippen molar-refractivity contribution in [2.24, 2.45) is 7.05 Å². The van der Waals surface area contributed by atoms with Crippen molar-refractivity contribution in [3.63, 3.8) is 0 Å². The zero-order valence-corrected chi connectivity index (χ0v) is 18.3. The fourth-order valence-corrected chi connectivity index (χ4v) is 4.18. The Morgan fingerprint density at radius 3 is 2.62 bits per heavy atom. The van der Waals surface area contributed by atoms with Gasteiger partial charge in [-0.15, -0.1) is 0 Å². The minimum Gasteiger partial charge on any atom is -0.486 e. The lowest BCUT2D eigenvalue weighted by Gasteiger charge is -2.31. The van der Waals surface area contributed by atoms with Crippen LogP contribution in [-0.2, 0) is 13.6 Å². The van der Waals surface area contributed by atoms with Crippen molar-refractivity contribution in [1.82, 2.24) is 14.7 Å². The Balaban J connectivity index is 1.45. The number of fused-ring (bicyclic) bond motifs is 2. The highest BCUT2D eigenvalue weighted by Gasteiger charge is 2.30. The standard InChI is InChI=1S/C24H25N3O5/c1-15-22(16(2)26(3)25-15)24(28)27(11-17-7-6-10-21-23(17)31-14-30-21)12-18-13-29-19-8-4-5-9-20(19)32-18/h4-10,18H,11-14H2,1-3H3. The molecule has 0 spiro atoms. The first-order valence-electron chi connectivity index (χ1n) is 10.6. The summed E-state index contributed by atoms with van der Waals surface area (Å²) in [4.78, 5) is 15.5. The summed E-state index contributed by atoms with van der Waals surface area (Å²) < 4.78 is 24.9. The van der Waals surface area contributed by atoms with Crippen molar-refractivity contribution in [2.45, 2.75) is 26.5 Å². The van der Waals surface area contributed by atoms with Crippen LogP contribution < -0.4 is 18.9 Å². The van der Waals surface area contributed by atoms with Gasteiger partial charge in [0.15, 0.2) is 29.1 Å². The van der Waals surface area contributed by atoms with Crippen molar-refractivity contribution in [2.75, 3.05) is 19.9 Å². The van der Waals surface area contributed by atoms with Crippen LogP contribution in [0.15, 0.2) is 42.5 Å². The van der Waals surface area contributed by atoms with Gasteiger partial charge in [0.1, 0.15) is 6.61 Å². The molecular weight excluding hydrogens is 410 g/mol. The molecule has 1 unspecified atom stereocenters. The summed E-state index contributed by atoms with van der Waals surface area (Å²) in [6.45, 7) is 4.99.